The number of nitrogens with zero attached hydrogens (tertiary/aromatic N) is 1. The number of amides is 1. The molecule has 1 aliphatic heterocycles. The number of carbonyl (C=O) groups excluding carboxylic acids is 1. The van der Waals surface area contributed by atoms with Gasteiger partial charge in [-0.05, 0) is 49.9 Å². The molecule has 2 aromatic rings. The van der Waals surface area contributed by atoms with Gasteiger partial charge in [0.05, 0.1) is 0 Å². The lowest BCUT2D eigenvalue weighted by molar-refractivity contribution is 0.0575. The average Bonchev–Trinajstić information content (AvgIpc) is 2.95. The number of benzene rings is 1. The summed E-state index contributed by atoms with van der Waals surface area (Å²) in [7, 11) is 0. The molecular formula is C16H20N2O2. The Hall–Kier alpha value is -1.81. The monoisotopic (exact) mass is 272 g/mol. The number of aromatic amines is 1. The van der Waals surface area contributed by atoms with Gasteiger partial charge in [0, 0.05) is 41.9 Å². The molecule has 1 aromatic carbocycles. The molecule has 106 valence electrons. The Bertz CT molecular complexity index is 603. The molecule has 1 unspecified atom stereocenters. The highest BCUT2D eigenvalue weighted by Crippen LogP contribution is 2.23. The van der Waals surface area contributed by atoms with Crippen LogP contribution in [0.15, 0.2) is 30.5 Å². The van der Waals surface area contributed by atoms with Crippen molar-refractivity contribution < 1.29 is 9.90 Å². The standard InChI is InChI=1S/C16H20N2O2/c19-10-7-14-3-1-2-9-18(14)16(20)13-4-5-15-12(11-13)6-8-17-15/h4-6,8,11,14,17,19H,1-3,7,9-10H2. The molecule has 4 heteroatoms. The third kappa shape index (κ3) is 2.43. The van der Waals surface area contributed by atoms with Crippen molar-refractivity contribution in [1.29, 1.82) is 0 Å². The molecule has 1 aromatic heterocycles. The minimum absolute atomic E-state index is 0.0891. The van der Waals surface area contributed by atoms with Crippen LogP contribution in [-0.4, -0.2) is 40.1 Å². The largest absolute Gasteiger partial charge is 0.396 e. The zero-order chi connectivity index (χ0) is 13.9. The number of carbonyl (C=O) groups is 1. The van der Waals surface area contributed by atoms with Crippen LogP contribution < -0.4 is 0 Å². The summed E-state index contributed by atoms with van der Waals surface area (Å²) in [6, 6.07) is 7.94. The highest BCUT2D eigenvalue weighted by atomic mass is 16.3. The summed E-state index contributed by atoms with van der Waals surface area (Å²) in [5.74, 6) is 0.0891. The van der Waals surface area contributed by atoms with E-state index in [4.69, 9.17) is 5.11 Å². The number of aromatic nitrogens is 1. The van der Waals surface area contributed by atoms with Crippen LogP contribution in [0.5, 0.6) is 0 Å². The number of rotatable bonds is 3. The molecular weight excluding hydrogens is 252 g/mol. The SMILES string of the molecule is O=C(c1ccc2[nH]ccc2c1)N1CCCCC1CCO. The summed E-state index contributed by atoms with van der Waals surface area (Å²) in [5, 5.41) is 10.2. The lowest BCUT2D eigenvalue weighted by Gasteiger charge is -2.35. The molecule has 20 heavy (non-hydrogen) atoms. The molecule has 0 bridgehead atoms. The number of H-pyrrole nitrogens is 1. The first-order valence-corrected chi connectivity index (χ1v) is 7.28. The first kappa shape index (κ1) is 13.2. The van der Waals surface area contributed by atoms with E-state index < -0.39 is 0 Å². The smallest absolute Gasteiger partial charge is 0.254 e. The molecule has 2 heterocycles. The summed E-state index contributed by atoms with van der Waals surface area (Å²) >= 11 is 0. The zero-order valence-corrected chi connectivity index (χ0v) is 11.5. The molecule has 1 fully saturated rings. The van der Waals surface area contributed by atoms with E-state index in [0.29, 0.717) is 6.42 Å². The maximum absolute atomic E-state index is 12.7. The number of hydrogen-bond acceptors (Lipinski definition) is 2. The van der Waals surface area contributed by atoms with Gasteiger partial charge in [-0.2, -0.15) is 0 Å². The first-order chi connectivity index (χ1) is 9.79. The van der Waals surface area contributed by atoms with Crippen molar-refractivity contribution in [2.45, 2.75) is 31.7 Å². The number of fused-ring (bicyclic) bond motifs is 1. The molecule has 1 atom stereocenters. The molecule has 1 amide bonds. The van der Waals surface area contributed by atoms with Crippen molar-refractivity contribution in [3.8, 4) is 0 Å². The number of nitrogens with one attached hydrogen (secondary N) is 1. The Morgan fingerprint density at radius 2 is 2.25 bits per heavy atom. The van der Waals surface area contributed by atoms with E-state index in [1.54, 1.807) is 0 Å². The number of piperidine rings is 1. The van der Waals surface area contributed by atoms with Gasteiger partial charge in [0.1, 0.15) is 0 Å². The van der Waals surface area contributed by atoms with E-state index in [-0.39, 0.29) is 18.6 Å². The third-order valence-corrected chi connectivity index (χ3v) is 4.15. The number of likely N-dealkylation sites (tertiary alicyclic amines) is 1. The molecule has 1 saturated heterocycles. The van der Waals surface area contributed by atoms with Gasteiger partial charge in [-0.1, -0.05) is 0 Å². The van der Waals surface area contributed by atoms with Gasteiger partial charge in [0.15, 0.2) is 0 Å². The van der Waals surface area contributed by atoms with Crippen LogP contribution in [0.2, 0.25) is 0 Å². The second kappa shape index (κ2) is 5.67. The maximum atomic E-state index is 12.7. The molecule has 0 radical (unpaired) electrons. The average molecular weight is 272 g/mol. The van der Waals surface area contributed by atoms with Gasteiger partial charge in [0.25, 0.3) is 5.91 Å². The van der Waals surface area contributed by atoms with E-state index in [1.165, 1.54) is 0 Å². The zero-order valence-electron chi connectivity index (χ0n) is 11.5. The van der Waals surface area contributed by atoms with Gasteiger partial charge in [-0.3, -0.25) is 4.79 Å². The predicted octanol–water partition coefficient (Wildman–Crippen LogP) is 2.55. The van der Waals surface area contributed by atoms with Crippen molar-refractivity contribution in [2.75, 3.05) is 13.2 Å². The number of aliphatic hydroxyl groups is 1. The van der Waals surface area contributed by atoms with Crippen molar-refractivity contribution in [2.24, 2.45) is 0 Å². The van der Waals surface area contributed by atoms with Gasteiger partial charge in [-0.25, -0.2) is 0 Å². The quantitative estimate of drug-likeness (QED) is 0.902. The van der Waals surface area contributed by atoms with Crippen molar-refractivity contribution in [3.63, 3.8) is 0 Å². The molecule has 4 nitrogen and oxygen atoms in total. The van der Waals surface area contributed by atoms with Crippen molar-refractivity contribution in [1.82, 2.24) is 9.88 Å². The van der Waals surface area contributed by atoms with E-state index in [2.05, 4.69) is 4.98 Å². The molecule has 1 aliphatic rings. The van der Waals surface area contributed by atoms with E-state index >= 15 is 0 Å². The Morgan fingerprint density at radius 3 is 3.10 bits per heavy atom. The minimum Gasteiger partial charge on any atom is -0.396 e. The summed E-state index contributed by atoms with van der Waals surface area (Å²) in [5.41, 5.74) is 1.79. The second-order valence-corrected chi connectivity index (χ2v) is 5.44. The fourth-order valence-corrected chi connectivity index (χ4v) is 3.07. The van der Waals surface area contributed by atoms with Gasteiger partial charge < -0.3 is 15.0 Å². The van der Waals surface area contributed by atoms with Gasteiger partial charge in [0.2, 0.25) is 0 Å². The second-order valence-electron chi connectivity index (χ2n) is 5.44. The van der Waals surface area contributed by atoms with Crippen LogP contribution in [-0.2, 0) is 0 Å². The Labute approximate surface area is 118 Å². The lowest BCUT2D eigenvalue weighted by atomic mass is 9.98. The molecule has 0 saturated carbocycles. The van der Waals surface area contributed by atoms with Crippen LogP contribution >= 0.6 is 0 Å². The fraction of sp³-hybridized carbons (Fsp3) is 0.438. The molecule has 2 N–H and O–H groups in total. The van der Waals surface area contributed by atoms with Crippen LogP contribution in [0.1, 0.15) is 36.0 Å². The summed E-state index contributed by atoms with van der Waals surface area (Å²) in [6.07, 6.45) is 5.76. The normalized spacial score (nSPS) is 19.4. The molecule has 0 aliphatic carbocycles. The van der Waals surface area contributed by atoms with Crippen LogP contribution in [0, 0.1) is 0 Å². The summed E-state index contributed by atoms with van der Waals surface area (Å²) in [6.45, 7) is 0.944. The van der Waals surface area contributed by atoms with Gasteiger partial charge >= 0.3 is 0 Å². The highest BCUT2D eigenvalue weighted by Gasteiger charge is 2.27. The fourth-order valence-electron chi connectivity index (χ4n) is 3.07. The van der Waals surface area contributed by atoms with E-state index in [9.17, 15) is 4.79 Å². The first-order valence-electron chi connectivity index (χ1n) is 7.28. The van der Waals surface area contributed by atoms with E-state index in [1.807, 2.05) is 35.4 Å². The Morgan fingerprint density at radius 1 is 1.35 bits per heavy atom. The van der Waals surface area contributed by atoms with Crippen LogP contribution in [0.3, 0.4) is 0 Å². The van der Waals surface area contributed by atoms with Crippen molar-refractivity contribution in [3.05, 3.63) is 36.0 Å². The number of hydrogen-bond donors (Lipinski definition) is 2. The van der Waals surface area contributed by atoms with Crippen molar-refractivity contribution >= 4 is 16.8 Å². The summed E-state index contributed by atoms with van der Waals surface area (Å²) in [4.78, 5) is 17.8. The Balaban J connectivity index is 1.85. The topological polar surface area (TPSA) is 56.3 Å². The molecule has 3 rings (SSSR count). The lowest BCUT2D eigenvalue weighted by Crippen LogP contribution is -2.44. The molecule has 0 spiro atoms. The summed E-state index contributed by atoms with van der Waals surface area (Å²) < 4.78 is 0. The van der Waals surface area contributed by atoms with Crippen LogP contribution in [0.4, 0.5) is 0 Å². The van der Waals surface area contributed by atoms with Crippen LogP contribution in [0.25, 0.3) is 10.9 Å². The third-order valence-electron chi connectivity index (χ3n) is 4.15. The maximum Gasteiger partial charge on any atom is 0.254 e. The number of aliphatic hydroxyl groups excluding tert-OH is 1. The minimum atomic E-state index is 0.0891. The predicted molar refractivity (Wildman–Crippen MR) is 78.7 cm³/mol. The highest BCUT2D eigenvalue weighted by molar-refractivity contribution is 5.98. The van der Waals surface area contributed by atoms with Gasteiger partial charge in [-0.15, -0.1) is 0 Å². The Kier molecular flexibility index (Phi) is 3.74. The van der Waals surface area contributed by atoms with E-state index in [0.717, 1.165) is 42.3 Å².